The summed E-state index contributed by atoms with van der Waals surface area (Å²) in [5, 5.41) is 12.4. The molecule has 0 saturated heterocycles. The lowest BCUT2D eigenvalue weighted by Crippen LogP contribution is -2.60. The molecule has 4 fully saturated rings. The summed E-state index contributed by atoms with van der Waals surface area (Å²) in [6, 6.07) is 17.7. The molecular formula is C27H34O. The van der Waals surface area contributed by atoms with Crippen LogP contribution in [0.2, 0.25) is 0 Å². The fourth-order valence-electron chi connectivity index (χ4n) is 7.21. The molecule has 2 aromatic rings. The summed E-state index contributed by atoms with van der Waals surface area (Å²) in [5.74, 6) is 2.57. The summed E-state index contributed by atoms with van der Waals surface area (Å²) in [5.41, 5.74) is 4.62. The van der Waals surface area contributed by atoms with Crippen LogP contribution in [0.3, 0.4) is 0 Å². The second-order valence-corrected chi connectivity index (χ2v) is 10.6. The molecule has 0 heterocycles. The lowest BCUT2D eigenvalue weighted by molar-refractivity contribution is -0.178. The minimum Gasteiger partial charge on any atom is -0.389 e. The van der Waals surface area contributed by atoms with Gasteiger partial charge in [0, 0.05) is 18.3 Å². The molecule has 0 unspecified atom stereocenters. The van der Waals surface area contributed by atoms with Crippen molar-refractivity contribution in [2.45, 2.75) is 70.8 Å². The number of benzene rings is 2. The van der Waals surface area contributed by atoms with E-state index < -0.39 is 5.60 Å². The van der Waals surface area contributed by atoms with Crippen molar-refractivity contribution in [3.05, 3.63) is 70.8 Å². The highest BCUT2D eigenvalue weighted by Gasteiger charge is 2.59. The molecular weight excluding hydrogens is 340 g/mol. The van der Waals surface area contributed by atoms with Crippen LogP contribution in [-0.4, -0.2) is 10.7 Å². The zero-order chi connectivity index (χ0) is 19.4. The summed E-state index contributed by atoms with van der Waals surface area (Å²) in [7, 11) is 0. The third kappa shape index (κ3) is 3.22. The Kier molecular flexibility index (Phi) is 4.43. The molecule has 0 aliphatic heterocycles. The molecule has 2 aromatic carbocycles. The maximum atomic E-state index is 12.4. The van der Waals surface area contributed by atoms with Crippen molar-refractivity contribution in [3.63, 3.8) is 0 Å². The quantitative estimate of drug-likeness (QED) is 0.677. The Bertz CT molecular complexity index is 747. The summed E-state index contributed by atoms with van der Waals surface area (Å²) in [4.78, 5) is 0. The van der Waals surface area contributed by atoms with Crippen molar-refractivity contribution in [1.29, 1.82) is 0 Å². The molecule has 4 aliphatic rings. The average molecular weight is 375 g/mol. The maximum Gasteiger partial charge on any atom is 0.0784 e. The molecule has 4 bridgehead atoms. The van der Waals surface area contributed by atoms with E-state index in [0.717, 1.165) is 30.6 Å². The van der Waals surface area contributed by atoms with Crippen molar-refractivity contribution < 1.29 is 5.11 Å². The Balaban J connectivity index is 1.52. The summed E-state index contributed by atoms with van der Waals surface area (Å²) < 4.78 is 0. The Morgan fingerprint density at radius 1 is 0.714 bits per heavy atom. The predicted octanol–water partition coefficient (Wildman–Crippen LogP) is 6.04. The average Bonchev–Trinajstić information content (AvgIpc) is 2.64. The highest BCUT2D eigenvalue weighted by atomic mass is 16.3. The van der Waals surface area contributed by atoms with Crippen LogP contribution in [0.15, 0.2) is 48.5 Å². The van der Waals surface area contributed by atoms with Gasteiger partial charge in [0.2, 0.25) is 0 Å². The molecule has 0 radical (unpaired) electrons. The molecule has 0 aromatic heterocycles. The number of aryl methyl sites for hydroxylation is 2. The number of rotatable bonds is 5. The monoisotopic (exact) mass is 374 g/mol. The Morgan fingerprint density at radius 3 is 1.43 bits per heavy atom. The topological polar surface area (TPSA) is 20.2 Å². The van der Waals surface area contributed by atoms with Crippen LogP contribution >= 0.6 is 0 Å². The van der Waals surface area contributed by atoms with E-state index in [2.05, 4.69) is 62.4 Å². The molecule has 148 valence electrons. The van der Waals surface area contributed by atoms with Gasteiger partial charge in [-0.05, 0) is 81.3 Å². The molecule has 4 aliphatic carbocycles. The molecule has 6 rings (SSSR count). The molecule has 0 atom stereocenters. The van der Waals surface area contributed by atoms with Crippen LogP contribution in [0.4, 0.5) is 0 Å². The Morgan fingerprint density at radius 2 is 1.07 bits per heavy atom. The van der Waals surface area contributed by atoms with E-state index in [1.807, 2.05) is 0 Å². The zero-order valence-corrected chi connectivity index (χ0v) is 17.5. The smallest absolute Gasteiger partial charge is 0.0784 e. The van der Waals surface area contributed by atoms with Gasteiger partial charge >= 0.3 is 0 Å². The summed E-state index contributed by atoms with van der Waals surface area (Å²) in [6.07, 6.45) is 9.56. The first-order valence-electron chi connectivity index (χ1n) is 11.3. The molecule has 0 amide bonds. The summed E-state index contributed by atoms with van der Waals surface area (Å²) >= 11 is 0. The van der Waals surface area contributed by atoms with Gasteiger partial charge in [0.25, 0.3) is 0 Å². The van der Waals surface area contributed by atoms with E-state index in [1.165, 1.54) is 60.8 Å². The van der Waals surface area contributed by atoms with Crippen LogP contribution in [0.5, 0.6) is 0 Å². The van der Waals surface area contributed by atoms with Crippen LogP contribution in [0, 0.1) is 37.0 Å². The second kappa shape index (κ2) is 6.73. The van der Waals surface area contributed by atoms with Crippen LogP contribution in [0.25, 0.3) is 0 Å². The Labute approximate surface area is 170 Å². The number of aliphatic hydroxyl groups is 1. The van der Waals surface area contributed by atoms with Crippen molar-refractivity contribution in [1.82, 2.24) is 0 Å². The van der Waals surface area contributed by atoms with E-state index >= 15 is 0 Å². The molecule has 4 saturated carbocycles. The number of hydrogen-bond acceptors (Lipinski definition) is 1. The first-order chi connectivity index (χ1) is 13.4. The van der Waals surface area contributed by atoms with Gasteiger partial charge in [0.05, 0.1) is 5.60 Å². The van der Waals surface area contributed by atoms with Crippen LogP contribution < -0.4 is 0 Å². The van der Waals surface area contributed by atoms with Crippen molar-refractivity contribution >= 4 is 0 Å². The van der Waals surface area contributed by atoms with E-state index in [4.69, 9.17) is 0 Å². The van der Waals surface area contributed by atoms with Gasteiger partial charge in [0.1, 0.15) is 0 Å². The predicted molar refractivity (Wildman–Crippen MR) is 115 cm³/mol. The maximum absolute atomic E-state index is 12.4. The molecule has 1 heteroatoms. The lowest BCUT2D eigenvalue weighted by atomic mass is 9.44. The highest BCUT2D eigenvalue weighted by molar-refractivity contribution is 5.28. The largest absolute Gasteiger partial charge is 0.389 e. The van der Waals surface area contributed by atoms with Crippen molar-refractivity contribution in [3.8, 4) is 0 Å². The molecule has 1 N–H and O–H groups in total. The van der Waals surface area contributed by atoms with Gasteiger partial charge in [-0.25, -0.2) is 0 Å². The van der Waals surface area contributed by atoms with Gasteiger partial charge in [-0.15, -0.1) is 0 Å². The van der Waals surface area contributed by atoms with Crippen LogP contribution in [0.1, 0.15) is 60.8 Å². The fourth-order valence-corrected chi connectivity index (χ4v) is 7.21. The first kappa shape index (κ1) is 18.4. The highest BCUT2D eigenvalue weighted by Crippen LogP contribution is 2.64. The van der Waals surface area contributed by atoms with Gasteiger partial charge in [-0.1, -0.05) is 59.7 Å². The standard InChI is InChI=1S/C27H34O/c1-19-3-7-21(8-4-19)17-27(28,18-22-9-5-20(2)6-10-22)26-14-23-11-24(15-26)13-25(12-23)16-26/h3-10,23-25,28H,11-18H2,1-2H3. The third-order valence-corrected chi connectivity index (χ3v) is 8.26. The van der Waals surface area contributed by atoms with Crippen molar-refractivity contribution in [2.75, 3.05) is 0 Å². The van der Waals surface area contributed by atoms with E-state index in [1.54, 1.807) is 0 Å². The van der Waals surface area contributed by atoms with Crippen LogP contribution in [-0.2, 0) is 12.8 Å². The first-order valence-corrected chi connectivity index (χ1v) is 11.3. The van der Waals surface area contributed by atoms with Gasteiger partial charge in [-0.2, -0.15) is 0 Å². The van der Waals surface area contributed by atoms with E-state index in [-0.39, 0.29) is 5.41 Å². The van der Waals surface area contributed by atoms with E-state index in [0.29, 0.717) is 0 Å². The Hall–Kier alpha value is -1.60. The SMILES string of the molecule is Cc1ccc(CC(O)(Cc2ccc(C)cc2)C23CC4CC(CC(C4)C2)C3)cc1. The third-order valence-electron chi connectivity index (χ3n) is 8.26. The molecule has 0 spiro atoms. The molecule has 28 heavy (non-hydrogen) atoms. The lowest BCUT2D eigenvalue weighted by Gasteiger charge is -2.62. The minimum absolute atomic E-state index is 0.109. The molecule has 1 nitrogen and oxygen atoms in total. The minimum atomic E-state index is -0.645. The van der Waals surface area contributed by atoms with E-state index in [9.17, 15) is 5.11 Å². The fraction of sp³-hybridized carbons (Fsp3) is 0.556. The van der Waals surface area contributed by atoms with Gasteiger partial charge in [-0.3, -0.25) is 0 Å². The summed E-state index contributed by atoms with van der Waals surface area (Å²) in [6.45, 7) is 4.28. The normalized spacial score (nSPS) is 31.3. The number of hydrogen-bond donors (Lipinski definition) is 1. The second-order valence-electron chi connectivity index (χ2n) is 10.6. The van der Waals surface area contributed by atoms with Crippen molar-refractivity contribution in [2.24, 2.45) is 23.2 Å². The van der Waals surface area contributed by atoms with Gasteiger partial charge in [0.15, 0.2) is 0 Å². The van der Waals surface area contributed by atoms with Gasteiger partial charge < -0.3 is 5.11 Å². The zero-order valence-electron chi connectivity index (χ0n) is 17.5.